The second-order valence-corrected chi connectivity index (χ2v) is 6.13. The highest BCUT2D eigenvalue weighted by molar-refractivity contribution is 5.91. The molecule has 0 aliphatic heterocycles. The number of carboxylic acids is 1. The first-order chi connectivity index (χ1) is 14.2. The summed E-state index contributed by atoms with van der Waals surface area (Å²) in [5.41, 5.74) is 1.50. The topological polar surface area (TPSA) is 123 Å². The van der Waals surface area contributed by atoms with Gasteiger partial charge in [-0.25, -0.2) is 9.59 Å². The number of hydrogen-bond donors (Lipinski definition) is 3. The largest absolute Gasteiger partial charge is 0.508 e. The molecule has 0 atom stereocenters. The fourth-order valence-corrected chi connectivity index (χ4v) is 2.41. The van der Waals surface area contributed by atoms with Gasteiger partial charge in [0.2, 0.25) is 0 Å². The van der Waals surface area contributed by atoms with Gasteiger partial charge in [-0.15, -0.1) is 0 Å². The van der Waals surface area contributed by atoms with E-state index in [0.29, 0.717) is 36.9 Å². The van der Waals surface area contributed by atoms with Crippen molar-refractivity contribution in [1.29, 1.82) is 0 Å². The van der Waals surface area contributed by atoms with Crippen LogP contribution in [-0.2, 0) is 4.74 Å². The van der Waals surface area contributed by atoms with Crippen molar-refractivity contribution in [2.45, 2.75) is 34.6 Å². The summed E-state index contributed by atoms with van der Waals surface area (Å²) < 4.78 is 16.0. The van der Waals surface area contributed by atoms with E-state index in [2.05, 4.69) is 0 Å². The van der Waals surface area contributed by atoms with Crippen molar-refractivity contribution in [3.05, 3.63) is 46.5 Å². The van der Waals surface area contributed by atoms with E-state index in [9.17, 15) is 9.59 Å². The van der Waals surface area contributed by atoms with Crippen LogP contribution in [0.25, 0.3) is 0 Å². The zero-order valence-electron chi connectivity index (χ0n) is 17.8. The Labute approximate surface area is 175 Å². The van der Waals surface area contributed by atoms with E-state index in [1.165, 1.54) is 6.92 Å². The number of carbonyl (C=O) groups excluding carboxylic acids is 1. The van der Waals surface area contributed by atoms with Crippen molar-refractivity contribution in [1.82, 2.24) is 0 Å². The Hall–Kier alpha value is -3.42. The minimum atomic E-state index is -1.18. The van der Waals surface area contributed by atoms with Crippen LogP contribution >= 0.6 is 0 Å². The summed E-state index contributed by atoms with van der Waals surface area (Å²) >= 11 is 0. The Morgan fingerprint density at radius 2 is 1.23 bits per heavy atom. The van der Waals surface area contributed by atoms with Gasteiger partial charge in [0.15, 0.2) is 0 Å². The first kappa shape index (κ1) is 24.6. The number of ether oxygens (including phenoxy) is 3. The average molecular weight is 420 g/mol. The first-order valence-electron chi connectivity index (χ1n) is 9.49. The lowest BCUT2D eigenvalue weighted by Crippen LogP contribution is -2.07. The minimum absolute atomic E-state index is 0.129. The highest BCUT2D eigenvalue weighted by atomic mass is 16.5. The quantitative estimate of drug-likeness (QED) is 0.573. The van der Waals surface area contributed by atoms with Crippen molar-refractivity contribution in [2.24, 2.45) is 0 Å². The number of hydrogen-bond acceptors (Lipinski definition) is 7. The summed E-state index contributed by atoms with van der Waals surface area (Å²) in [5, 5.41) is 26.7. The van der Waals surface area contributed by atoms with Crippen LogP contribution in [0.2, 0.25) is 0 Å². The van der Waals surface area contributed by atoms with E-state index in [-0.39, 0.29) is 28.6 Å². The van der Waals surface area contributed by atoms with Crippen LogP contribution in [0.15, 0.2) is 24.3 Å². The van der Waals surface area contributed by atoms with Crippen molar-refractivity contribution in [3.8, 4) is 23.0 Å². The third kappa shape index (κ3) is 6.58. The normalized spacial score (nSPS) is 9.90. The number of benzene rings is 2. The molecule has 8 nitrogen and oxygen atoms in total. The number of aromatic hydroxyl groups is 2. The summed E-state index contributed by atoms with van der Waals surface area (Å²) in [4.78, 5) is 22.1. The summed E-state index contributed by atoms with van der Waals surface area (Å²) in [6.07, 6.45) is 0. The van der Waals surface area contributed by atoms with E-state index in [1.54, 1.807) is 19.1 Å². The van der Waals surface area contributed by atoms with E-state index in [4.69, 9.17) is 29.5 Å². The Morgan fingerprint density at radius 3 is 1.60 bits per heavy atom. The molecule has 164 valence electrons. The number of carbonyl (C=O) groups is 2. The molecule has 0 unspecified atom stereocenters. The van der Waals surface area contributed by atoms with Crippen LogP contribution in [0.1, 0.15) is 52.6 Å². The van der Waals surface area contributed by atoms with Crippen molar-refractivity contribution < 1.29 is 39.1 Å². The molecule has 0 spiro atoms. The molecule has 0 radical (unpaired) electrons. The molecule has 2 aromatic rings. The maximum atomic E-state index is 11.7. The number of aromatic carboxylic acids is 1. The number of phenols is 2. The van der Waals surface area contributed by atoms with Gasteiger partial charge in [0, 0.05) is 11.1 Å². The molecule has 0 saturated carbocycles. The zero-order valence-corrected chi connectivity index (χ0v) is 17.8. The average Bonchev–Trinajstić information content (AvgIpc) is 2.69. The number of esters is 1. The third-order valence-electron chi connectivity index (χ3n) is 4.02. The van der Waals surface area contributed by atoms with Gasteiger partial charge < -0.3 is 29.5 Å². The fraction of sp³-hybridized carbons (Fsp3) is 0.364. The molecule has 2 rings (SSSR count). The van der Waals surface area contributed by atoms with E-state index in [1.807, 2.05) is 20.8 Å². The van der Waals surface area contributed by atoms with Gasteiger partial charge in [0.1, 0.15) is 23.0 Å². The highest BCUT2D eigenvalue weighted by Crippen LogP contribution is 2.30. The number of carboxylic acid groups (broad SMARTS) is 1. The molecule has 8 heteroatoms. The van der Waals surface area contributed by atoms with Crippen LogP contribution in [-0.4, -0.2) is 47.1 Å². The number of rotatable bonds is 7. The molecule has 0 heterocycles. The molecule has 0 aliphatic rings. The molecule has 0 bridgehead atoms. The van der Waals surface area contributed by atoms with Crippen LogP contribution in [0.3, 0.4) is 0 Å². The van der Waals surface area contributed by atoms with Crippen LogP contribution in [0.5, 0.6) is 23.0 Å². The maximum absolute atomic E-state index is 11.7. The molecule has 0 saturated heterocycles. The summed E-state index contributed by atoms with van der Waals surface area (Å²) in [5.74, 6) is -0.655. The smallest absolute Gasteiger partial charge is 0.338 e. The van der Waals surface area contributed by atoms with Gasteiger partial charge in [0.05, 0.1) is 30.9 Å². The third-order valence-corrected chi connectivity index (χ3v) is 4.02. The number of phenolic OH excluding ortho intramolecular Hbond substituents is 2. The second-order valence-electron chi connectivity index (χ2n) is 6.13. The summed E-state index contributed by atoms with van der Waals surface area (Å²) in [6.45, 7) is 10.4. The molecular formula is C22H28O8. The molecular weight excluding hydrogens is 392 g/mol. The van der Waals surface area contributed by atoms with Crippen LogP contribution < -0.4 is 9.47 Å². The molecule has 0 fully saturated rings. The SMILES string of the molecule is CCOC(=O)c1cc(OCC)c(C)c(OCC)c1.Cc1c(O)cc(C(=O)O)cc1O. The lowest BCUT2D eigenvalue weighted by molar-refractivity contribution is 0.0524. The Bertz CT molecular complexity index is 839. The van der Waals surface area contributed by atoms with Gasteiger partial charge in [-0.3, -0.25) is 0 Å². The summed E-state index contributed by atoms with van der Waals surface area (Å²) in [7, 11) is 0. The van der Waals surface area contributed by atoms with Gasteiger partial charge in [-0.05, 0) is 58.9 Å². The van der Waals surface area contributed by atoms with Crippen LogP contribution in [0.4, 0.5) is 0 Å². The molecule has 0 aliphatic carbocycles. The second kappa shape index (κ2) is 11.5. The lowest BCUT2D eigenvalue weighted by Gasteiger charge is -2.14. The lowest BCUT2D eigenvalue weighted by atomic mass is 10.1. The monoisotopic (exact) mass is 420 g/mol. The Morgan fingerprint density at radius 1 is 0.767 bits per heavy atom. The summed E-state index contributed by atoms with van der Waals surface area (Å²) in [6, 6.07) is 5.58. The standard InChI is InChI=1S/C14H20O4.C8H8O4/c1-5-16-12-8-11(14(15)18-7-3)9-13(10(12)4)17-6-2;1-4-6(9)2-5(8(11)12)3-7(4)10/h8-9H,5-7H2,1-4H3;2-3,9-10H,1H3,(H,11,12). The fourth-order valence-electron chi connectivity index (χ4n) is 2.41. The van der Waals surface area contributed by atoms with Crippen molar-refractivity contribution in [3.63, 3.8) is 0 Å². The van der Waals surface area contributed by atoms with E-state index < -0.39 is 5.97 Å². The van der Waals surface area contributed by atoms with Gasteiger partial charge in [-0.1, -0.05) is 0 Å². The highest BCUT2D eigenvalue weighted by Gasteiger charge is 2.15. The van der Waals surface area contributed by atoms with Crippen LogP contribution in [0, 0.1) is 13.8 Å². The molecule has 0 amide bonds. The maximum Gasteiger partial charge on any atom is 0.338 e. The van der Waals surface area contributed by atoms with Gasteiger partial charge in [-0.2, -0.15) is 0 Å². The molecule has 2 aromatic carbocycles. The zero-order chi connectivity index (χ0) is 22.8. The van der Waals surface area contributed by atoms with Crippen molar-refractivity contribution in [2.75, 3.05) is 19.8 Å². The Kier molecular flexibility index (Phi) is 9.48. The minimum Gasteiger partial charge on any atom is -0.508 e. The first-order valence-corrected chi connectivity index (χ1v) is 9.49. The van der Waals surface area contributed by atoms with E-state index in [0.717, 1.165) is 17.7 Å². The Balaban J connectivity index is 0.000000325. The molecule has 3 N–H and O–H groups in total. The molecule has 0 aromatic heterocycles. The molecule has 30 heavy (non-hydrogen) atoms. The van der Waals surface area contributed by atoms with E-state index >= 15 is 0 Å². The van der Waals surface area contributed by atoms with Gasteiger partial charge >= 0.3 is 11.9 Å². The van der Waals surface area contributed by atoms with Gasteiger partial charge in [0.25, 0.3) is 0 Å². The van der Waals surface area contributed by atoms with Crippen molar-refractivity contribution >= 4 is 11.9 Å². The predicted octanol–water partition coefficient (Wildman–Crippen LogP) is 4.07. The predicted molar refractivity (Wildman–Crippen MR) is 111 cm³/mol.